The Labute approximate surface area is 198 Å². The molecule has 1 fully saturated rings. The van der Waals surface area contributed by atoms with Gasteiger partial charge in [0.15, 0.2) is 5.65 Å². The van der Waals surface area contributed by atoms with E-state index in [9.17, 15) is 19.1 Å². The predicted molar refractivity (Wildman–Crippen MR) is 126 cm³/mol. The van der Waals surface area contributed by atoms with Gasteiger partial charge in [-0.15, -0.1) is 0 Å². The molecule has 1 N–H and O–H groups in total. The molecule has 9 heteroatoms. The molecular formula is C25H30FN5O3. The minimum absolute atomic E-state index is 0.214. The van der Waals surface area contributed by atoms with E-state index in [0.29, 0.717) is 37.4 Å². The number of aliphatic hydroxyl groups excluding tert-OH is 1. The fraction of sp³-hybridized carbons (Fsp3) is 0.440. The molecule has 0 unspecified atom stereocenters. The average molecular weight is 468 g/mol. The number of fused-ring (bicyclic) bond motifs is 1. The molecule has 180 valence electrons. The number of amides is 2. The summed E-state index contributed by atoms with van der Waals surface area (Å²) in [7, 11) is 0. The van der Waals surface area contributed by atoms with Crippen molar-refractivity contribution in [3.63, 3.8) is 0 Å². The van der Waals surface area contributed by atoms with Gasteiger partial charge in [0.05, 0.1) is 11.9 Å². The molecule has 3 aromatic rings. The van der Waals surface area contributed by atoms with Gasteiger partial charge in [-0.25, -0.2) is 13.9 Å². The summed E-state index contributed by atoms with van der Waals surface area (Å²) in [6, 6.07) is 7.73. The molecule has 0 saturated carbocycles. The maximum Gasteiger partial charge on any atom is 0.274 e. The summed E-state index contributed by atoms with van der Waals surface area (Å²) in [5.74, 6) is -0.612. The maximum absolute atomic E-state index is 13.3. The van der Waals surface area contributed by atoms with Crippen LogP contribution >= 0.6 is 0 Å². The van der Waals surface area contributed by atoms with Crippen LogP contribution in [0, 0.1) is 18.7 Å². The van der Waals surface area contributed by atoms with E-state index in [1.807, 2.05) is 33.8 Å². The van der Waals surface area contributed by atoms with E-state index in [1.165, 1.54) is 12.1 Å². The lowest BCUT2D eigenvalue weighted by Crippen LogP contribution is -2.57. The van der Waals surface area contributed by atoms with Crippen LogP contribution in [0.4, 0.5) is 4.39 Å². The summed E-state index contributed by atoms with van der Waals surface area (Å²) in [6.45, 7) is 8.78. The lowest BCUT2D eigenvalue weighted by atomic mass is 10.0. The Hall–Kier alpha value is -3.33. The summed E-state index contributed by atoms with van der Waals surface area (Å²) in [6.07, 6.45) is 0.997. The van der Waals surface area contributed by atoms with Crippen LogP contribution in [0.25, 0.3) is 16.9 Å². The van der Waals surface area contributed by atoms with E-state index >= 15 is 0 Å². The van der Waals surface area contributed by atoms with Gasteiger partial charge in [0.1, 0.15) is 17.6 Å². The van der Waals surface area contributed by atoms with E-state index in [-0.39, 0.29) is 35.3 Å². The highest BCUT2D eigenvalue weighted by Gasteiger charge is 2.33. The lowest BCUT2D eigenvalue weighted by molar-refractivity contribution is -0.145. The van der Waals surface area contributed by atoms with Gasteiger partial charge in [0.2, 0.25) is 0 Å². The Morgan fingerprint density at radius 3 is 2.56 bits per heavy atom. The van der Waals surface area contributed by atoms with Crippen LogP contribution in [-0.2, 0) is 4.79 Å². The van der Waals surface area contributed by atoms with E-state index in [2.05, 4.69) is 10.1 Å². The number of hydrogen-bond acceptors (Lipinski definition) is 5. The summed E-state index contributed by atoms with van der Waals surface area (Å²) in [5.41, 5.74) is 3.12. The zero-order chi connectivity index (χ0) is 24.6. The molecule has 0 radical (unpaired) electrons. The molecule has 1 aliphatic heterocycles. The molecule has 2 amide bonds. The summed E-state index contributed by atoms with van der Waals surface area (Å²) in [5, 5.41) is 14.8. The number of carbonyl (C=O) groups is 2. The smallest absolute Gasteiger partial charge is 0.274 e. The second-order valence-electron chi connectivity index (χ2n) is 9.39. The molecule has 0 spiro atoms. The first kappa shape index (κ1) is 23.8. The highest BCUT2D eigenvalue weighted by molar-refractivity contribution is 5.93. The molecule has 0 bridgehead atoms. The van der Waals surface area contributed by atoms with E-state index < -0.39 is 6.10 Å². The molecule has 8 nitrogen and oxygen atoms in total. The number of carbonyl (C=O) groups excluding carboxylic acids is 2. The fourth-order valence-corrected chi connectivity index (χ4v) is 4.37. The standard InChI is InChI=1S/C25H30FN5O3/c1-15(2)11-22(32)25(34)30-10-9-29(13-17(30)4)24(33)21-14-31-23(27-21)16(3)12-20(28-31)18-5-7-19(26)8-6-18/h5-8,12,14-15,17,22,32H,9-11,13H2,1-4H3/t17-,22+/m0/s1. The number of aliphatic hydroxyl groups is 1. The van der Waals surface area contributed by atoms with Crippen molar-refractivity contribution in [3.8, 4) is 11.3 Å². The quantitative estimate of drug-likeness (QED) is 0.623. The predicted octanol–water partition coefficient (Wildman–Crippen LogP) is 2.92. The monoisotopic (exact) mass is 467 g/mol. The molecule has 1 aromatic carbocycles. The minimum atomic E-state index is -1.02. The van der Waals surface area contributed by atoms with Crippen molar-refractivity contribution < 1.29 is 19.1 Å². The molecule has 34 heavy (non-hydrogen) atoms. The highest BCUT2D eigenvalue weighted by Crippen LogP contribution is 2.22. The normalized spacial score (nSPS) is 17.4. The lowest BCUT2D eigenvalue weighted by Gasteiger charge is -2.40. The molecular weight excluding hydrogens is 437 g/mol. The zero-order valence-corrected chi connectivity index (χ0v) is 19.9. The van der Waals surface area contributed by atoms with Crippen LogP contribution in [0.15, 0.2) is 36.5 Å². The number of benzene rings is 1. The van der Waals surface area contributed by atoms with Crippen molar-refractivity contribution in [1.82, 2.24) is 24.4 Å². The van der Waals surface area contributed by atoms with E-state index in [1.54, 1.807) is 32.6 Å². The Kier molecular flexibility index (Phi) is 6.65. The Bertz CT molecular complexity index is 1210. The molecule has 1 saturated heterocycles. The number of piperazine rings is 1. The Morgan fingerprint density at radius 2 is 1.91 bits per heavy atom. The summed E-state index contributed by atoms with van der Waals surface area (Å²) < 4.78 is 14.9. The number of rotatable bonds is 5. The molecule has 2 aromatic heterocycles. The Morgan fingerprint density at radius 1 is 1.21 bits per heavy atom. The van der Waals surface area contributed by atoms with Crippen molar-refractivity contribution in [2.75, 3.05) is 19.6 Å². The number of imidazole rings is 1. The summed E-state index contributed by atoms with van der Waals surface area (Å²) >= 11 is 0. The molecule has 3 heterocycles. The summed E-state index contributed by atoms with van der Waals surface area (Å²) in [4.78, 5) is 33.7. The number of aryl methyl sites for hydroxylation is 1. The maximum atomic E-state index is 13.3. The third-order valence-corrected chi connectivity index (χ3v) is 6.15. The van der Waals surface area contributed by atoms with Crippen LogP contribution < -0.4 is 0 Å². The van der Waals surface area contributed by atoms with Crippen LogP contribution in [0.3, 0.4) is 0 Å². The van der Waals surface area contributed by atoms with Crippen LogP contribution in [0.2, 0.25) is 0 Å². The van der Waals surface area contributed by atoms with Crippen molar-refractivity contribution in [2.45, 2.75) is 46.3 Å². The van der Waals surface area contributed by atoms with Gasteiger partial charge in [-0.1, -0.05) is 13.8 Å². The first-order chi connectivity index (χ1) is 16.1. The van der Waals surface area contributed by atoms with Gasteiger partial charge in [0, 0.05) is 31.2 Å². The SMILES string of the molecule is Cc1cc(-c2ccc(F)cc2)nn2cc(C(=O)N3CCN(C(=O)[C@H](O)CC(C)C)[C@@H](C)C3)nc12. The van der Waals surface area contributed by atoms with Crippen LogP contribution in [0.5, 0.6) is 0 Å². The van der Waals surface area contributed by atoms with E-state index in [0.717, 1.165) is 11.1 Å². The number of nitrogens with zero attached hydrogens (tertiary/aromatic N) is 5. The van der Waals surface area contributed by atoms with Gasteiger partial charge < -0.3 is 14.9 Å². The number of aromatic nitrogens is 3. The second-order valence-corrected chi connectivity index (χ2v) is 9.39. The Balaban J connectivity index is 1.50. The average Bonchev–Trinajstić information content (AvgIpc) is 3.23. The van der Waals surface area contributed by atoms with Gasteiger partial charge in [-0.2, -0.15) is 5.10 Å². The molecule has 1 aliphatic rings. The topological polar surface area (TPSA) is 91.0 Å². The first-order valence-corrected chi connectivity index (χ1v) is 11.5. The largest absolute Gasteiger partial charge is 0.383 e. The van der Waals surface area contributed by atoms with Gasteiger partial charge in [-0.05, 0) is 62.1 Å². The number of halogens is 1. The van der Waals surface area contributed by atoms with Crippen molar-refractivity contribution in [1.29, 1.82) is 0 Å². The first-order valence-electron chi connectivity index (χ1n) is 11.5. The van der Waals surface area contributed by atoms with Gasteiger partial charge in [0.25, 0.3) is 11.8 Å². The van der Waals surface area contributed by atoms with Crippen molar-refractivity contribution >= 4 is 17.5 Å². The molecule has 4 rings (SSSR count). The third-order valence-electron chi connectivity index (χ3n) is 6.15. The molecule has 0 aliphatic carbocycles. The second kappa shape index (κ2) is 9.50. The highest BCUT2D eigenvalue weighted by atomic mass is 19.1. The van der Waals surface area contributed by atoms with Gasteiger partial charge in [-0.3, -0.25) is 9.59 Å². The van der Waals surface area contributed by atoms with Gasteiger partial charge >= 0.3 is 0 Å². The molecule has 2 atom stereocenters. The van der Waals surface area contributed by atoms with Crippen LogP contribution in [-0.4, -0.2) is 73.1 Å². The minimum Gasteiger partial charge on any atom is -0.383 e. The number of hydrogen-bond donors (Lipinski definition) is 1. The zero-order valence-electron chi connectivity index (χ0n) is 19.9. The van der Waals surface area contributed by atoms with Crippen LogP contribution in [0.1, 0.15) is 43.2 Å². The fourth-order valence-electron chi connectivity index (χ4n) is 4.37. The third kappa shape index (κ3) is 4.79. The van der Waals surface area contributed by atoms with Crippen molar-refractivity contribution in [3.05, 3.63) is 53.6 Å². The van der Waals surface area contributed by atoms with Crippen molar-refractivity contribution in [2.24, 2.45) is 5.92 Å². The van der Waals surface area contributed by atoms with E-state index in [4.69, 9.17) is 0 Å².